The van der Waals surface area contributed by atoms with Crippen molar-refractivity contribution in [1.82, 2.24) is 5.32 Å². The van der Waals surface area contributed by atoms with Crippen LogP contribution in [0.2, 0.25) is 0 Å². The molecule has 2 rings (SSSR count). The van der Waals surface area contributed by atoms with Crippen LogP contribution in [0.4, 0.5) is 0 Å². The minimum Gasteiger partial charge on any atom is -0.309 e. The van der Waals surface area contributed by atoms with Gasteiger partial charge in [0, 0.05) is 10.9 Å². The van der Waals surface area contributed by atoms with Crippen LogP contribution in [0.25, 0.3) is 0 Å². The van der Waals surface area contributed by atoms with Gasteiger partial charge in [-0.2, -0.15) is 0 Å². The van der Waals surface area contributed by atoms with Gasteiger partial charge in [-0.1, -0.05) is 30.7 Å². The van der Waals surface area contributed by atoms with Gasteiger partial charge in [-0.3, -0.25) is 0 Å². The molecule has 2 aromatic rings. The maximum absolute atomic E-state index is 3.70. The van der Waals surface area contributed by atoms with Crippen LogP contribution in [0.5, 0.6) is 0 Å². The van der Waals surface area contributed by atoms with Crippen molar-refractivity contribution in [3.63, 3.8) is 0 Å². The zero-order valence-electron chi connectivity index (χ0n) is 13.0. The summed E-state index contributed by atoms with van der Waals surface area (Å²) in [5, 5.41) is 5.87. The Balaban J connectivity index is 2.24. The van der Waals surface area contributed by atoms with Gasteiger partial charge in [0.2, 0.25) is 0 Å². The summed E-state index contributed by atoms with van der Waals surface area (Å²) < 4.78 is 0. The van der Waals surface area contributed by atoms with Gasteiger partial charge < -0.3 is 5.32 Å². The number of thiophene rings is 1. The Kier molecular flexibility index (Phi) is 5.38. The first kappa shape index (κ1) is 15.3. The summed E-state index contributed by atoms with van der Waals surface area (Å²) in [5.74, 6) is 0. The number of aryl methyl sites for hydroxylation is 3. The Bertz CT molecular complexity index is 520. The monoisotopic (exact) mass is 287 g/mol. The van der Waals surface area contributed by atoms with Gasteiger partial charge in [0.25, 0.3) is 0 Å². The van der Waals surface area contributed by atoms with Crippen LogP contribution >= 0.6 is 11.3 Å². The molecule has 0 aliphatic carbocycles. The van der Waals surface area contributed by atoms with Crippen molar-refractivity contribution in [2.75, 3.05) is 6.54 Å². The second-order valence-electron chi connectivity index (χ2n) is 5.60. The molecule has 0 spiro atoms. The maximum atomic E-state index is 3.70. The normalized spacial score (nSPS) is 12.6. The molecule has 1 aromatic carbocycles. The van der Waals surface area contributed by atoms with Crippen LogP contribution in [0.3, 0.4) is 0 Å². The molecule has 1 unspecified atom stereocenters. The van der Waals surface area contributed by atoms with Crippen molar-refractivity contribution >= 4 is 11.3 Å². The summed E-state index contributed by atoms with van der Waals surface area (Å²) in [4.78, 5) is 1.44. The summed E-state index contributed by atoms with van der Waals surface area (Å²) in [6.07, 6.45) is 2.26. The Hall–Kier alpha value is -1.12. The van der Waals surface area contributed by atoms with E-state index < -0.39 is 0 Å². The topological polar surface area (TPSA) is 12.0 Å². The third kappa shape index (κ3) is 3.71. The quantitative estimate of drug-likeness (QED) is 0.792. The lowest BCUT2D eigenvalue weighted by Gasteiger charge is -2.20. The van der Waals surface area contributed by atoms with Crippen LogP contribution in [0.15, 0.2) is 29.6 Å². The van der Waals surface area contributed by atoms with Crippen molar-refractivity contribution in [3.05, 3.63) is 56.8 Å². The largest absolute Gasteiger partial charge is 0.309 e. The fourth-order valence-corrected chi connectivity index (χ4v) is 3.62. The highest BCUT2D eigenvalue weighted by Crippen LogP contribution is 2.26. The molecule has 0 aliphatic heterocycles. The summed E-state index contributed by atoms with van der Waals surface area (Å²) in [6.45, 7) is 9.95. The van der Waals surface area contributed by atoms with E-state index in [4.69, 9.17) is 0 Å². The van der Waals surface area contributed by atoms with Crippen molar-refractivity contribution in [2.24, 2.45) is 0 Å². The maximum Gasteiger partial charge on any atom is 0.0455 e. The molecule has 20 heavy (non-hydrogen) atoms. The van der Waals surface area contributed by atoms with E-state index in [1.165, 1.54) is 33.6 Å². The Morgan fingerprint density at radius 2 is 1.85 bits per heavy atom. The molecular weight excluding hydrogens is 262 g/mol. The summed E-state index contributed by atoms with van der Waals surface area (Å²) in [5.41, 5.74) is 5.69. The second kappa shape index (κ2) is 7.05. The number of hydrogen-bond donors (Lipinski definition) is 1. The lowest BCUT2D eigenvalue weighted by atomic mass is 9.94. The van der Waals surface area contributed by atoms with Gasteiger partial charge in [-0.05, 0) is 68.3 Å². The van der Waals surface area contributed by atoms with Crippen LogP contribution in [0.1, 0.15) is 46.5 Å². The van der Waals surface area contributed by atoms with Gasteiger partial charge >= 0.3 is 0 Å². The van der Waals surface area contributed by atoms with E-state index in [0.717, 1.165) is 13.0 Å². The molecule has 1 heterocycles. The van der Waals surface area contributed by atoms with Crippen molar-refractivity contribution in [1.29, 1.82) is 0 Å². The summed E-state index contributed by atoms with van der Waals surface area (Å²) in [6, 6.07) is 9.43. The van der Waals surface area contributed by atoms with Gasteiger partial charge in [0.1, 0.15) is 0 Å². The van der Waals surface area contributed by atoms with Crippen molar-refractivity contribution < 1.29 is 0 Å². The fourth-order valence-electron chi connectivity index (χ4n) is 2.82. The molecule has 1 aromatic heterocycles. The van der Waals surface area contributed by atoms with E-state index in [-0.39, 0.29) is 0 Å². The van der Waals surface area contributed by atoms with Crippen molar-refractivity contribution in [2.45, 2.75) is 46.6 Å². The van der Waals surface area contributed by atoms with Crippen LogP contribution in [-0.4, -0.2) is 6.54 Å². The molecule has 0 amide bonds. The van der Waals surface area contributed by atoms with Gasteiger partial charge in [0.05, 0.1) is 0 Å². The number of rotatable bonds is 6. The molecule has 2 heteroatoms. The van der Waals surface area contributed by atoms with E-state index in [1.807, 2.05) is 11.3 Å². The van der Waals surface area contributed by atoms with E-state index in [9.17, 15) is 0 Å². The molecule has 0 radical (unpaired) electrons. The van der Waals surface area contributed by atoms with E-state index in [1.54, 1.807) is 0 Å². The highest BCUT2D eigenvalue weighted by Gasteiger charge is 2.15. The molecule has 0 saturated heterocycles. The Morgan fingerprint density at radius 3 is 2.40 bits per heavy atom. The molecule has 0 aliphatic rings. The smallest absolute Gasteiger partial charge is 0.0455 e. The fraction of sp³-hybridized carbons (Fsp3) is 0.444. The minimum absolute atomic E-state index is 0.440. The Morgan fingerprint density at radius 1 is 1.15 bits per heavy atom. The Labute approximate surface area is 127 Å². The molecule has 0 saturated carbocycles. The number of nitrogens with one attached hydrogen (secondary N) is 1. The average Bonchev–Trinajstić information content (AvgIpc) is 2.91. The van der Waals surface area contributed by atoms with Gasteiger partial charge in [-0.25, -0.2) is 0 Å². The van der Waals surface area contributed by atoms with E-state index in [0.29, 0.717) is 6.04 Å². The van der Waals surface area contributed by atoms with Gasteiger partial charge in [0.15, 0.2) is 0 Å². The first-order valence-corrected chi connectivity index (χ1v) is 8.33. The SMILES string of the molecule is CCCNC(Cc1c(C)cc(C)cc1C)c1cccs1. The molecular formula is C18H25NS. The van der Waals surface area contributed by atoms with Crippen LogP contribution in [0, 0.1) is 20.8 Å². The third-order valence-corrected chi connectivity index (χ3v) is 4.76. The number of hydrogen-bond acceptors (Lipinski definition) is 2. The predicted octanol–water partition coefficient (Wildman–Crippen LogP) is 4.96. The minimum atomic E-state index is 0.440. The first-order chi connectivity index (χ1) is 9.61. The van der Waals surface area contributed by atoms with Crippen LogP contribution < -0.4 is 5.32 Å². The van der Waals surface area contributed by atoms with E-state index in [2.05, 4.69) is 62.7 Å². The first-order valence-electron chi connectivity index (χ1n) is 7.45. The molecule has 1 atom stereocenters. The molecule has 1 N–H and O–H groups in total. The summed E-state index contributed by atoms with van der Waals surface area (Å²) >= 11 is 1.85. The highest BCUT2D eigenvalue weighted by molar-refractivity contribution is 7.10. The molecule has 0 fully saturated rings. The van der Waals surface area contributed by atoms with Crippen molar-refractivity contribution in [3.8, 4) is 0 Å². The highest BCUT2D eigenvalue weighted by atomic mass is 32.1. The average molecular weight is 287 g/mol. The molecule has 1 nitrogen and oxygen atoms in total. The lowest BCUT2D eigenvalue weighted by Crippen LogP contribution is -2.24. The predicted molar refractivity (Wildman–Crippen MR) is 89.7 cm³/mol. The van der Waals surface area contributed by atoms with Gasteiger partial charge in [-0.15, -0.1) is 11.3 Å². The molecule has 108 valence electrons. The standard InChI is InChI=1S/C18H25NS/c1-5-8-19-17(18-7-6-9-20-18)12-16-14(3)10-13(2)11-15(16)4/h6-7,9-11,17,19H,5,8,12H2,1-4H3. The lowest BCUT2D eigenvalue weighted by molar-refractivity contribution is 0.534. The molecule has 0 bridgehead atoms. The zero-order valence-corrected chi connectivity index (χ0v) is 13.8. The van der Waals surface area contributed by atoms with Crippen LogP contribution in [-0.2, 0) is 6.42 Å². The summed E-state index contributed by atoms with van der Waals surface area (Å²) in [7, 11) is 0. The zero-order chi connectivity index (χ0) is 14.5. The number of benzene rings is 1. The van der Waals surface area contributed by atoms with E-state index >= 15 is 0 Å². The second-order valence-corrected chi connectivity index (χ2v) is 6.58. The third-order valence-electron chi connectivity index (χ3n) is 3.78.